The van der Waals surface area contributed by atoms with Gasteiger partial charge in [-0.3, -0.25) is 0 Å². The summed E-state index contributed by atoms with van der Waals surface area (Å²) in [5, 5.41) is 16.8. The van der Waals surface area contributed by atoms with Crippen LogP contribution in [0.5, 0.6) is 0 Å². The van der Waals surface area contributed by atoms with Crippen molar-refractivity contribution < 1.29 is 24.6 Å². The summed E-state index contributed by atoms with van der Waals surface area (Å²) >= 11 is 0. The minimum Gasteiger partial charge on any atom is -0.779 e. The van der Waals surface area contributed by atoms with Gasteiger partial charge in [-0.05, 0) is 6.42 Å². The van der Waals surface area contributed by atoms with Crippen LogP contribution in [0, 0.1) is 0 Å². The average Bonchev–Trinajstić information content (AvgIpc) is 1.81. The summed E-state index contributed by atoms with van der Waals surface area (Å²) in [6.07, 6.45) is -1.68. The molecule has 0 aromatic carbocycles. The Morgan fingerprint density at radius 1 is 1.60 bits per heavy atom. The molecule has 62 valence electrons. The van der Waals surface area contributed by atoms with Crippen molar-refractivity contribution in [3.05, 3.63) is 0 Å². The number of hydrogen-bond acceptors (Lipinski definition) is 4. The van der Waals surface area contributed by atoms with E-state index in [1.807, 2.05) is 0 Å². The molecule has 2 atom stereocenters. The van der Waals surface area contributed by atoms with Crippen LogP contribution in [0.4, 0.5) is 0 Å². The van der Waals surface area contributed by atoms with Crippen molar-refractivity contribution in [3.8, 4) is 0 Å². The molecule has 0 saturated heterocycles. The van der Waals surface area contributed by atoms with E-state index in [0.29, 0.717) is 0 Å². The van der Waals surface area contributed by atoms with Gasteiger partial charge < -0.3 is 24.6 Å². The van der Waals surface area contributed by atoms with Gasteiger partial charge in [-0.15, -0.1) is 0 Å². The number of rotatable bonds is 4. The van der Waals surface area contributed by atoms with E-state index in [9.17, 15) is 9.46 Å². The van der Waals surface area contributed by atoms with Crippen molar-refractivity contribution in [1.29, 1.82) is 0 Å². The highest BCUT2D eigenvalue weighted by molar-refractivity contribution is 7.50. The van der Waals surface area contributed by atoms with Crippen LogP contribution in [0.15, 0.2) is 0 Å². The summed E-state index contributed by atoms with van der Waals surface area (Å²) in [5.74, 6) is 0. The van der Waals surface area contributed by atoms with Gasteiger partial charge in [0.25, 0.3) is 0 Å². The van der Waals surface area contributed by atoms with Crippen LogP contribution < -0.4 is 4.89 Å². The van der Waals surface area contributed by atoms with Gasteiger partial charge in [0.05, 0.1) is 12.7 Å². The van der Waals surface area contributed by atoms with Crippen molar-refractivity contribution in [2.24, 2.45) is 0 Å². The van der Waals surface area contributed by atoms with Gasteiger partial charge in [0.15, 0.2) is 0 Å². The fourth-order valence-corrected chi connectivity index (χ4v) is 1.03. The molecule has 0 aromatic heterocycles. The van der Waals surface area contributed by atoms with Gasteiger partial charge >= 0.3 is 0 Å². The number of hydrogen-bond donors (Lipinski definition) is 3. The van der Waals surface area contributed by atoms with E-state index in [-0.39, 0.29) is 6.42 Å². The van der Waals surface area contributed by atoms with Crippen LogP contribution in [-0.2, 0) is 4.57 Å². The van der Waals surface area contributed by atoms with Gasteiger partial charge in [0.2, 0.25) is 0 Å². The van der Waals surface area contributed by atoms with E-state index in [2.05, 4.69) is 0 Å². The van der Waals surface area contributed by atoms with Crippen molar-refractivity contribution in [2.45, 2.75) is 12.5 Å². The lowest BCUT2D eigenvalue weighted by molar-refractivity contribution is -0.193. The van der Waals surface area contributed by atoms with Crippen LogP contribution in [0.25, 0.3) is 0 Å². The standard InChI is InChI=1S/C4H11O5P/c5-3-4(6)1-2-10(7,8)9/h4-6H,1-3H2,(H2,7,8,9)/p-1. The molecule has 0 saturated carbocycles. The Morgan fingerprint density at radius 2 is 2.10 bits per heavy atom. The van der Waals surface area contributed by atoms with E-state index in [1.54, 1.807) is 0 Å². The molecule has 0 rings (SSSR count). The maximum absolute atomic E-state index is 10.0. The first-order chi connectivity index (χ1) is 4.45. The summed E-state index contributed by atoms with van der Waals surface area (Å²) in [4.78, 5) is 18.2. The second kappa shape index (κ2) is 4.05. The molecular weight excluding hydrogens is 159 g/mol. The summed E-state index contributed by atoms with van der Waals surface area (Å²) < 4.78 is 10.0. The molecule has 6 heteroatoms. The molecule has 10 heavy (non-hydrogen) atoms. The average molecular weight is 169 g/mol. The Morgan fingerprint density at radius 3 is 2.40 bits per heavy atom. The second-order valence-electron chi connectivity index (χ2n) is 1.99. The molecule has 0 heterocycles. The smallest absolute Gasteiger partial charge is 0.132 e. The zero-order chi connectivity index (χ0) is 8.20. The van der Waals surface area contributed by atoms with Crippen molar-refractivity contribution >= 4 is 7.60 Å². The van der Waals surface area contributed by atoms with Gasteiger partial charge in [0, 0.05) is 6.16 Å². The fraction of sp³-hybridized carbons (Fsp3) is 1.00. The molecule has 0 spiro atoms. The summed E-state index contributed by atoms with van der Waals surface area (Å²) in [6.45, 7) is -0.486. The molecule has 0 aliphatic heterocycles. The molecule has 0 aliphatic rings. The van der Waals surface area contributed by atoms with Crippen LogP contribution >= 0.6 is 7.60 Å². The molecule has 0 radical (unpaired) electrons. The Hall–Kier alpha value is 0.0700. The van der Waals surface area contributed by atoms with Gasteiger partial charge in [-0.1, -0.05) is 0 Å². The molecule has 0 fully saturated rings. The van der Waals surface area contributed by atoms with Crippen molar-refractivity contribution in [3.63, 3.8) is 0 Å². The molecule has 0 amide bonds. The van der Waals surface area contributed by atoms with Crippen molar-refractivity contribution in [1.82, 2.24) is 0 Å². The highest BCUT2D eigenvalue weighted by Crippen LogP contribution is 2.29. The third kappa shape index (κ3) is 6.19. The van der Waals surface area contributed by atoms with E-state index < -0.39 is 26.5 Å². The maximum Gasteiger partial charge on any atom is 0.132 e. The summed E-state index contributed by atoms with van der Waals surface area (Å²) in [7, 11) is -4.25. The van der Waals surface area contributed by atoms with Crippen molar-refractivity contribution in [2.75, 3.05) is 12.8 Å². The first kappa shape index (κ1) is 10.1. The number of aliphatic hydroxyl groups is 2. The van der Waals surface area contributed by atoms with E-state index in [1.165, 1.54) is 0 Å². The number of aliphatic hydroxyl groups excluding tert-OH is 2. The first-order valence-electron chi connectivity index (χ1n) is 2.77. The summed E-state index contributed by atoms with van der Waals surface area (Å²) in [6, 6.07) is 0. The molecular formula is C4H10O5P-. The van der Waals surface area contributed by atoms with Crippen LogP contribution in [0.1, 0.15) is 6.42 Å². The molecule has 0 aromatic rings. The lowest BCUT2D eigenvalue weighted by Crippen LogP contribution is -2.16. The van der Waals surface area contributed by atoms with E-state index in [0.717, 1.165) is 0 Å². The first-order valence-corrected chi connectivity index (χ1v) is 4.54. The third-order valence-corrected chi connectivity index (χ3v) is 1.78. The summed E-state index contributed by atoms with van der Waals surface area (Å²) in [5.41, 5.74) is 0. The normalized spacial score (nSPS) is 20.0. The predicted molar refractivity (Wildman–Crippen MR) is 32.4 cm³/mol. The molecule has 3 N–H and O–H groups in total. The quantitative estimate of drug-likeness (QED) is 0.434. The maximum atomic E-state index is 10.0. The third-order valence-electron chi connectivity index (χ3n) is 0.956. The fourth-order valence-electron chi connectivity index (χ4n) is 0.403. The highest BCUT2D eigenvalue weighted by Gasteiger charge is 2.06. The van der Waals surface area contributed by atoms with Gasteiger partial charge in [-0.25, -0.2) is 0 Å². The molecule has 5 nitrogen and oxygen atoms in total. The predicted octanol–water partition coefficient (Wildman–Crippen LogP) is -1.72. The van der Waals surface area contributed by atoms with E-state index >= 15 is 0 Å². The monoisotopic (exact) mass is 169 g/mol. The van der Waals surface area contributed by atoms with E-state index in [4.69, 9.17) is 15.1 Å². The minimum atomic E-state index is -4.25. The topological polar surface area (TPSA) is 101 Å². The van der Waals surface area contributed by atoms with Crippen LogP contribution in [-0.4, -0.2) is 34.0 Å². The Labute approximate surface area is 58.5 Å². The Bertz CT molecular complexity index is 130. The van der Waals surface area contributed by atoms with Gasteiger partial charge in [-0.2, -0.15) is 0 Å². The van der Waals surface area contributed by atoms with Gasteiger partial charge in [0.1, 0.15) is 7.60 Å². The Balaban J connectivity index is 3.46. The second-order valence-corrected chi connectivity index (χ2v) is 3.71. The van der Waals surface area contributed by atoms with Crippen LogP contribution in [0.2, 0.25) is 0 Å². The Kier molecular flexibility index (Phi) is 4.08. The zero-order valence-corrected chi connectivity index (χ0v) is 6.20. The largest absolute Gasteiger partial charge is 0.779 e. The lowest BCUT2D eigenvalue weighted by atomic mass is 10.3. The molecule has 0 aliphatic carbocycles. The lowest BCUT2D eigenvalue weighted by Gasteiger charge is -2.16. The molecule has 2 unspecified atom stereocenters. The minimum absolute atomic E-state index is 0.131. The zero-order valence-electron chi connectivity index (χ0n) is 5.30. The SMILES string of the molecule is O=P([O-])(O)CCC(O)CO. The van der Waals surface area contributed by atoms with Crippen LogP contribution in [0.3, 0.4) is 0 Å². The highest BCUT2D eigenvalue weighted by atomic mass is 31.2. The molecule has 0 bridgehead atoms.